The number of nitrogens with one attached hydrogen (secondary N) is 1. The quantitative estimate of drug-likeness (QED) is 0.805. The molecule has 3 rings (SSSR count). The Morgan fingerprint density at radius 3 is 2.83 bits per heavy atom. The molecule has 2 fully saturated rings. The van der Waals surface area contributed by atoms with Crippen molar-refractivity contribution < 1.29 is 9.32 Å². The Balaban J connectivity index is 1.86. The van der Waals surface area contributed by atoms with Gasteiger partial charge in [-0.3, -0.25) is 4.79 Å². The third-order valence-electron chi connectivity index (χ3n) is 4.44. The van der Waals surface area contributed by atoms with E-state index >= 15 is 0 Å². The van der Waals surface area contributed by atoms with Crippen molar-refractivity contribution >= 4 is 5.91 Å². The van der Waals surface area contributed by atoms with Gasteiger partial charge >= 0.3 is 0 Å². The third-order valence-corrected chi connectivity index (χ3v) is 4.44. The van der Waals surface area contributed by atoms with E-state index in [0.29, 0.717) is 34.9 Å². The van der Waals surface area contributed by atoms with Crippen molar-refractivity contribution in [3.63, 3.8) is 0 Å². The van der Waals surface area contributed by atoms with Gasteiger partial charge in [0.2, 0.25) is 0 Å². The number of rotatable bonds is 1. The maximum Gasteiger partial charge on any atom is 0.259 e. The zero-order chi connectivity index (χ0) is 12.9. The summed E-state index contributed by atoms with van der Waals surface area (Å²) in [5.41, 5.74) is 1.34. The van der Waals surface area contributed by atoms with Gasteiger partial charge in [0.05, 0.1) is 5.69 Å². The molecule has 18 heavy (non-hydrogen) atoms. The highest BCUT2D eigenvalue weighted by Crippen LogP contribution is 2.33. The number of aryl methyl sites for hydroxylation is 2. The molecule has 3 unspecified atom stereocenters. The first-order valence-electron chi connectivity index (χ1n) is 6.54. The van der Waals surface area contributed by atoms with Crippen LogP contribution in [0.3, 0.4) is 0 Å². The van der Waals surface area contributed by atoms with E-state index in [1.54, 1.807) is 6.92 Å². The summed E-state index contributed by atoms with van der Waals surface area (Å²) in [7, 11) is 0. The van der Waals surface area contributed by atoms with E-state index < -0.39 is 0 Å². The van der Waals surface area contributed by atoms with Gasteiger partial charge in [0.15, 0.2) is 0 Å². The number of hydrogen-bond acceptors (Lipinski definition) is 4. The minimum atomic E-state index is 0.0770. The van der Waals surface area contributed by atoms with Crippen molar-refractivity contribution in [1.82, 2.24) is 15.4 Å². The molecule has 0 aromatic carbocycles. The average molecular weight is 249 g/mol. The summed E-state index contributed by atoms with van der Waals surface area (Å²) in [4.78, 5) is 14.6. The molecule has 1 aromatic rings. The lowest BCUT2D eigenvalue weighted by molar-refractivity contribution is 0.0726. The van der Waals surface area contributed by atoms with Crippen LogP contribution in [0.25, 0.3) is 0 Å². The van der Waals surface area contributed by atoms with Crippen molar-refractivity contribution in [2.45, 2.75) is 26.8 Å². The summed E-state index contributed by atoms with van der Waals surface area (Å²) in [6.45, 7) is 8.68. The van der Waals surface area contributed by atoms with E-state index in [-0.39, 0.29) is 5.91 Å². The lowest BCUT2D eigenvalue weighted by atomic mass is 9.95. The van der Waals surface area contributed by atoms with Crippen LogP contribution in [0.2, 0.25) is 0 Å². The van der Waals surface area contributed by atoms with Gasteiger partial charge in [-0.2, -0.15) is 0 Å². The first-order valence-corrected chi connectivity index (χ1v) is 6.54. The molecule has 5 nitrogen and oxygen atoms in total. The van der Waals surface area contributed by atoms with Crippen molar-refractivity contribution in [2.75, 3.05) is 19.6 Å². The van der Waals surface area contributed by atoms with Crippen LogP contribution in [-0.4, -0.2) is 41.6 Å². The minimum Gasteiger partial charge on any atom is -0.361 e. The summed E-state index contributed by atoms with van der Waals surface area (Å²) < 4.78 is 5.10. The van der Waals surface area contributed by atoms with Crippen molar-refractivity contribution in [3.8, 4) is 0 Å². The topological polar surface area (TPSA) is 58.4 Å². The van der Waals surface area contributed by atoms with Crippen LogP contribution in [0.1, 0.15) is 28.7 Å². The van der Waals surface area contributed by atoms with Gasteiger partial charge < -0.3 is 14.7 Å². The number of fused-ring (bicyclic) bond motifs is 1. The number of aromatic nitrogens is 1. The maximum absolute atomic E-state index is 12.6. The van der Waals surface area contributed by atoms with Gasteiger partial charge in [0, 0.05) is 25.7 Å². The predicted octanol–water partition coefficient (Wildman–Crippen LogP) is 0.971. The van der Waals surface area contributed by atoms with E-state index in [1.807, 2.05) is 11.8 Å². The highest BCUT2D eigenvalue weighted by Gasteiger charge is 2.44. The number of carbonyl (C=O) groups is 1. The summed E-state index contributed by atoms with van der Waals surface area (Å²) in [5.74, 6) is 1.90. The van der Waals surface area contributed by atoms with Crippen molar-refractivity contribution in [2.24, 2.45) is 11.8 Å². The van der Waals surface area contributed by atoms with Gasteiger partial charge in [-0.25, -0.2) is 0 Å². The monoisotopic (exact) mass is 249 g/mol. The van der Waals surface area contributed by atoms with Crippen LogP contribution in [0.5, 0.6) is 0 Å². The average Bonchev–Trinajstić information content (AvgIpc) is 2.97. The van der Waals surface area contributed by atoms with Gasteiger partial charge in [-0.1, -0.05) is 5.16 Å². The molecule has 0 saturated carbocycles. The predicted molar refractivity (Wildman–Crippen MR) is 66.3 cm³/mol. The fourth-order valence-corrected chi connectivity index (χ4v) is 3.37. The van der Waals surface area contributed by atoms with Crippen LogP contribution in [0.15, 0.2) is 4.52 Å². The Kier molecular flexibility index (Phi) is 2.66. The lowest BCUT2D eigenvalue weighted by Gasteiger charge is -2.24. The van der Waals surface area contributed by atoms with Gasteiger partial charge in [0.1, 0.15) is 11.3 Å². The largest absolute Gasteiger partial charge is 0.361 e. The summed E-state index contributed by atoms with van der Waals surface area (Å²) in [6, 6.07) is 0.297. The van der Waals surface area contributed by atoms with Gasteiger partial charge in [-0.15, -0.1) is 0 Å². The van der Waals surface area contributed by atoms with Crippen molar-refractivity contribution in [3.05, 3.63) is 17.0 Å². The van der Waals surface area contributed by atoms with Crippen LogP contribution in [0.4, 0.5) is 0 Å². The Labute approximate surface area is 107 Å². The second-order valence-corrected chi connectivity index (χ2v) is 5.48. The molecular weight excluding hydrogens is 230 g/mol. The molecule has 1 N–H and O–H groups in total. The summed E-state index contributed by atoms with van der Waals surface area (Å²) in [6.07, 6.45) is 0. The fourth-order valence-electron chi connectivity index (χ4n) is 3.37. The summed E-state index contributed by atoms with van der Waals surface area (Å²) in [5, 5.41) is 7.27. The Morgan fingerprint density at radius 1 is 1.44 bits per heavy atom. The molecule has 1 amide bonds. The van der Waals surface area contributed by atoms with Gasteiger partial charge in [-0.05, 0) is 32.6 Å². The Bertz CT molecular complexity index is 463. The normalized spacial score (nSPS) is 30.8. The van der Waals surface area contributed by atoms with E-state index in [4.69, 9.17) is 4.52 Å². The molecule has 2 aliphatic heterocycles. The second-order valence-electron chi connectivity index (χ2n) is 5.48. The number of likely N-dealkylation sites (tertiary alicyclic amines) is 1. The second kappa shape index (κ2) is 4.09. The SMILES string of the molecule is Cc1noc(C)c1C(=O)N1CC2CNCC2C1C. The van der Waals surface area contributed by atoms with Crippen LogP contribution in [0, 0.1) is 25.7 Å². The van der Waals surface area contributed by atoms with Crippen LogP contribution >= 0.6 is 0 Å². The first kappa shape index (κ1) is 11.7. The highest BCUT2D eigenvalue weighted by atomic mass is 16.5. The number of carbonyl (C=O) groups excluding carboxylic acids is 1. The van der Waals surface area contributed by atoms with E-state index in [2.05, 4.69) is 17.4 Å². The van der Waals surface area contributed by atoms with Crippen molar-refractivity contribution in [1.29, 1.82) is 0 Å². The lowest BCUT2D eigenvalue weighted by Crippen LogP contribution is -2.38. The smallest absolute Gasteiger partial charge is 0.259 e. The minimum absolute atomic E-state index is 0.0770. The molecular formula is C13H19N3O2. The Hall–Kier alpha value is -1.36. The fraction of sp³-hybridized carbons (Fsp3) is 0.692. The molecule has 2 saturated heterocycles. The zero-order valence-electron chi connectivity index (χ0n) is 11.1. The standard InChI is InChI=1S/C13H19N3O2/c1-7-12(9(3)18-15-7)13(17)16-6-10-4-14-5-11(10)8(16)2/h8,10-11,14H,4-6H2,1-3H3. The van der Waals surface area contributed by atoms with E-state index in [1.165, 1.54) is 0 Å². The van der Waals surface area contributed by atoms with Crippen LogP contribution < -0.4 is 5.32 Å². The highest BCUT2D eigenvalue weighted by molar-refractivity contribution is 5.96. The molecule has 98 valence electrons. The molecule has 0 spiro atoms. The summed E-state index contributed by atoms with van der Waals surface area (Å²) >= 11 is 0. The first-order chi connectivity index (χ1) is 8.59. The van der Waals surface area contributed by atoms with E-state index in [0.717, 1.165) is 19.6 Å². The number of hydrogen-bond donors (Lipinski definition) is 1. The van der Waals surface area contributed by atoms with Crippen LogP contribution in [-0.2, 0) is 0 Å². The third kappa shape index (κ3) is 1.57. The maximum atomic E-state index is 12.6. The zero-order valence-corrected chi connectivity index (χ0v) is 11.1. The molecule has 3 heterocycles. The molecule has 0 radical (unpaired) electrons. The van der Waals surface area contributed by atoms with E-state index in [9.17, 15) is 4.79 Å². The molecule has 0 aliphatic carbocycles. The molecule has 3 atom stereocenters. The molecule has 5 heteroatoms. The van der Waals surface area contributed by atoms with Gasteiger partial charge in [0.25, 0.3) is 5.91 Å². The molecule has 1 aromatic heterocycles. The molecule has 0 bridgehead atoms. The number of amides is 1. The molecule has 2 aliphatic rings. The Morgan fingerprint density at radius 2 is 2.22 bits per heavy atom. The number of nitrogens with zero attached hydrogens (tertiary/aromatic N) is 2.